The van der Waals surface area contributed by atoms with Gasteiger partial charge in [0.05, 0.1) is 17.0 Å². The number of aldehydes is 1. The molecule has 1 amide bonds. The molecule has 55 heavy (non-hydrogen) atoms. The topological polar surface area (TPSA) is 123 Å². The summed E-state index contributed by atoms with van der Waals surface area (Å²) in [6.07, 6.45) is 8.45. The fraction of sp³-hybridized carbons (Fsp3) is 0.419. The van der Waals surface area contributed by atoms with Crippen molar-refractivity contribution in [1.29, 1.82) is 0 Å². The fourth-order valence-electron chi connectivity index (χ4n) is 7.77. The van der Waals surface area contributed by atoms with Crippen LogP contribution in [0.25, 0.3) is 22.3 Å². The molecule has 0 saturated carbocycles. The Morgan fingerprint density at radius 1 is 0.945 bits per heavy atom. The highest BCUT2D eigenvalue weighted by atomic mass is 32.2. The van der Waals surface area contributed by atoms with E-state index in [1.54, 1.807) is 11.0 Å². The third-order valence-electron chi connectivity index (χ3n) is 11.2. The maximum atomic E-state index is 13.3. The monoisotopic (exact) mass is 760 g/mol. The van der Waals surface area contributed by atoms with E-state index in [0.717, 1.165) is 123 Å². The number of nitrogen functional groups attached to an aromatic ring is 1. The van der Waals surface area contributed by atoms with Crippen molar-refractivity contribution in [2.75, 3.05) is 52.0 Å². The van der Waals surface area contributed by atoms with E-state index >= 15 is 0 Å². The summed E-state index contributed by atoms with van der Waals surface area (Å²) in [6, 6.07) is 23.8. The van der Waals surface area contributed by atoms with E-state index in [2.05, 4.69) is 38.3 Å². The fourth-order valence-corrected chi connectivity index (χ4v) is 8.93. The van der Waals surface area contributed by atoms with Crippen molar-refractivity contribution in [2.45, 2.75) is 74.6 Å². The Balaban J connectivity index is 0.905. The molecule has 2 aliphatic heterocycles. The van der Waals surface area contributed by atoms with Crippen LogP contribution in [0.2, 0.25) is 0 Å². The van der Waals surface area contributed by atoms with Crippen molar-refractivity contribution in [2.24, 2.45) is 0 Å². The number of para-hydroxylation sites is 1. The molecule has 3 aromatic carbocycles. The maximum Gasteiger partial charge on any atom is 0.254 e. The number of likely N-dealkylation sites (tertiary alicyclic amines) is 2. The Morgan fingerprint density at radius 3 is 2.29 bits per heavy atom. The average molecular weight is 761 g/mol. The number of fused-ring (bicyclic) bond motifs is 1. The highest BCUT2D eigenvalue weighted by Crippen LogP contribution is 2.36. The molecule has 11 nitrogen and oxygen atoms in total. The lowest BCUT2D eigenvalue weighted by Gasteiger charge is -2.36. The van der Waals surface area contributed by atoms with Gasteiger partial charge in [0.25, 0.3) is 5.91 Å². The molecule has 288 valence electrons. The standard InChI is InChI=1S/C43H52N8O3S/c1-4-8-30(2)48(3)43(53)38-27-37(16-13-32(38)28-52)55-36-19-23-50(24-20-36)26-25-49-21-17-33(18-22-49)51-42-39(41(44)45-29-46-42)40(47-51)31-11-14-35(15-12-31)54-34-9-6-5-7-10-34/h5-7,9-16,27-30,33,36H,4,8,17-26H2,1-3H3,(H2,44,45,46). The van der Waals surface area contributed by atoms with Crippen LogP contribution in [0.1, 0.15) is 79.1 Å². The molecule has 0 bridgehead atoms. The van der Waals surface area contributed by atoms with Crippen LogP contribution in [-0.2, 0) is 0 Å². The van der Waals surface area contributed by atoms with Gasteiger partial charge in [-0.2, -0.15) is 5.10 Å². The van der Waals surface area contributed by atoms with Crippen molar-refractivity contribution in [3.8, 4) is 22.8 Å². The van der Waals surface area contributed by atoms with Crippen molar-refractivity contribution in [3.63, 3.8) is 0 Å². The number of carbonyl (C=O) groups is 2. The van der Waals surface area contributed by atoms with Gasteiger partial charge in [-0.3, -0.25) is 9.59 Å². The summed E-state index contributed by atoms with van der Waals surface area (Å²) in [7, 11) is 1.84. The number of aromatic nitrogens is 4. The smallest absolute Gasteiger partial charge is 0.254 e. The maximum absolute atomic E-state index is 13.3. The molecule has 0 aliphatic carbocycles. The van der Waals surface area contributed by atoms with Gasteiger partial charge in [-0.15, -0.1) is 11.8 Å². The van der Waals surface area contributed by atoms with E-state index < -0.39 is 0 Å². The number of nitrogens with two attached hydrogens (primary N) is 1. The molecule has 2 N–H and O–H groups in total. The molecule has 2 saturated heterocycles. The van der Waals surface area contributed by atoms with E-state index in [4.69, 9.17) is 15.6 Å². The van der Waals surface area contributed by atoms with E-state index in [0.29, 0.717) is 22.2 Å². The molecule has 5 aromatic rings. The Bertz CT molecular complexity index is 2060. The van der Waals surface area contributed by atoms with Crippen LogP contribution in [0.5, 0.6) is 11.5 Å². The normalized spacial score (nSPS) is 16.6. The largest absolute Gasteiger partial charge is 0.457 e. The first-order valence-electron chi connectivity index (χ1n) is 19.6. The van der Waals surface area contributed by atoms with Gasteiger partial charge in [0.15, 0.2) is 11.9 Å². The van der Waals surface area contributed by atoms with Crippen LogP contribution >= 0.6 is 11.8 Å². The molecule has 2 fully saturated rings. The second-order valence-electron chi connectivity index (χ2n) is 14.8. The number of benzene rings is 3. The summed E-state index contributed by atoms with van der Waals surface area (Å²) in [5, 5.41) is 6.39. The number of hydrogen-bond acceptors (Lipinski definition) is 10. The van der Waals surface area contributed by atoms with E-state index in [9.17, 15) is 9.59 Å². The molecule has 4 heterocycles. The van der Waals surface area contributed by atoms with E-state index in [-0.39, 0.29) is 18.0 Å². The van der Waals surface area contributed by atoms with Crippen molar-refractivity contribution < 1.29 is 14.3 Å². The first-order valence-corrected chi connectivity index (χ1v) is 20.5. The third kappa shape index (κ3) is 9.03. The predicted octanol–water partition coefficient (Wildman–Crippen LogP) is 7.83. The zero-order valence-corrected chi connectivity index (χ0v) is 33.0. The first-order chi connectivity index (χ1) is 26.8. The third-order valence-corrected chi connectivity index (χ3v) is 12.5. The number of thioether (sulfide) groups is 1. The minimum atomic E-state index is -0.0813. The number of rotatable bonds is 14. The summed E-state index contributed by atoms with van der Waals surface area (Å²) in [5.41, 5.74) is 9.92. The zero-order chi connectivity index (χ0) is 38.3. The Hall–Kier alpha value is -4.78. The SMILES string of the molecule is CCCC(C)N(C)C(=O)c1cc(SC2CCN(CCN3CCC(n4nc(-c5ccc(Oc6ccccc6)cc5)c5c(N)ncnc54)CC3)CC2)ccc1C=O. The van der Waals surface area contributed by atoms with Crippen molar-refractivity contribution >= 4 is 40.8 Å². The molecule has 1 unspecified atom stereocenters. The molecule has 0 radical (unpaired) electrons. The molecular weight excluding hydrogens is 709 g/mol. The van der Waals surface area contributed by atoms with Crippen molar-refractivity contribution in [1.82, 2.24) is 34.4 Å². The van der Waals surface area contributed by atoms with Gasteiger partial charge in [0, 0.05) is 60.5 Å². The lowest BCUT2D eigenvalue weighted by Crippen LogP contribution is -2.43. The highest BCUT2D eigenvalue weighted by Gasteiger charge is 2.28. The number of amides is 1. The zero-order valence-electron chi connectivity index (χ0n) is 32.1. The van der Waals surface area contributed by atoms with E-state index in [1.807, 2.05) is 85.5 Å². The highest BCUT2D eigenvalue weighted by molar-refractivity contribution is 8.00. The molecule has 2 aliphatic rings. The summed E-state index contributed by atoms with van der Waals surface area (Å²) < 4.78 is 8.08. The molecule has 12 heteroatoms. The van der Waals surface area contributed by atoms with Crippen LogP contribution in [-0.4, -0.2) is 104 Å². The average Bonchev–Trinajstić information content (AvgIpc) is 3.62. The van der Waals surface area contributed by atoms with Crippen LogP contribution in [0.3, 0.4) is 0 Å². The number of hydrogen-bond donors (Lipinski definition) is 1. The second-order valence-corrected chi connectivity index (χ2v) is 16.2. The van der Waals surface area contributed by atoms with Gasteiger partial charge >= 0.3 is 0 Å². The number of piperidine rings is 2. The van der Waals surface area contributed by atoms with Crippen LogP contribution in [0.15, 0.2) is 84.0 Å². The summed E-state index contributed by atoms with van der Waals surface area (Å²) >= 11 is 1.84. The lowest BCUT2D eigenvalue weighted by molar-refractivity contribution is 0.0733. The summed E-state index contributed by atoms with van der Waals surface area (Å²) in [5.74, 6) is 1.90. The molecular formula is C43H52N8O3S. The number of ether oxygens (including phenoxy) is 1. The summed E-state index contributed by atoms with van der Waals surface area (Å²) in [4.78, 5) is 42.1. The van der Waals surface area contributed by atoms with Gasteiger partial charge in [-0.05, 0) is 107 Å². The van der Waals surface area contributed by atoms with Crippen LogP contribution in [0.4, 0.5) is 5.82 Å². The van der Waals surface area contributed by atoms with Gasteiger partial charge < -0.3 is 25.2 Å². The number of carbonyl (C=O) groups excluding carboxylic acids is 2. The molecule has 1 atom stereocenters. The lowest BCUT2D eigenvalue weighted by atomic mass is 10.0. The van der Waals surface area contributed by atoms with Gasteiger partial charge in [-0.1, -0.05) is 31.5 Å². The van der Waals surface area contributed by atoms with Crippen LogP contribution < -0.4 is 10.5 Å². The Labute approximate surface area is 328 Å². The Kier molecular flexibility index (Phi) is 12.4. The van der Waals surface area contributed by atoms with Crippen LogP contribution in [0, 0.1) is 0 Å². The van der Waals surface area contributed by atoms with E-state index in [1.165, 1.54) is 6.33 Å². The quantitative estimate of drug-likeness (QED) is 0.112. The predicted molar refractivity (Wildman–Crippen MR) is 220 cm³/mol. The molecule has 7 rings (SSSR count). The number of anilines is 1. The number of nitrogens with zero attached hydrogens (tertiary/aromatic N) is 7. The second kappa shape index (κ2) is 17.8. The minimum Gasteiger partial charge on any atom is -0.457 e. The van der Waals surface area contributed by atoms with Crippen molar-refractivity contribution in [3.05, 3.63) is 90.3 Å². The first kappa shape index (κ1) is 38.5. The molecule has 2 aromatic heterocycles. The van der Waals surface area contributed by atoms with Gasteiger partial charge in [0.1, 0.15) is 29.3 Å². The molecule has 0 spiro atoms. The van der Waals surface area contributed by atoms with Gasteiger partial charge in [-0.25, -0.2) is 14.6 Å². The minimum absolute atomic E-state index is 0.0813. The van der Waals surface area contributed by atoms with Gasteiger partial charge in [0.2, 0.25) is 0 Å². The summed E-state index contributed by atoms with van der Waals surface area (Å²) in [6.45, 7) is 10.4. The Morgan fingerprint density at radius 2 is 1.62 bits per heavy atom.